The Morgan fingerprint density at radius 3 is 2.57 bits per heavy atom. The van der Waals surface area contributed by atoms with Crippen molar-refractivity contribution in [3.05, 3.63) is 11.6 Å². The maximum absolute atomic E-state index is 12.5. The predicted molar refractivity (Wildman–Crippen MR) is 89.8 cm³/mol. The molecule has 1 saturated heterocycles. The van der Waals surface area contributed by atoms with E-state index in [1.807, 2.05) is 6.92 Å². The van der Waals surface area contributed by atoms with Crippen molar-refractivity contribution in [2.45, 2.75) is 76.5 Å². The average Bonchev–Trinajstić information content (AvgIpc) is 2.82. The smallest absolute Gasteiger partial charge is 0.216 e. The van der Waals surface area contributed by atoms with Crippen LogP contribution in [0.3, 0.4) is 0 Å². The summed E-state index contributed by atoms with van der Waals surface area (Å²) in [6.07, 6.45) is 7.05. The van der Waals surface area contributed by atoms with E-state index in [0.29, 0.717) is 25.4 Å². The number of nitrogens with zero attached hydrogens (tertiary/aromatic N) is 4. The third-order valence-corrected chi connectivity index (χ3v) is 7.84. The van der Waals surface area contributed by atoms with Gasteiger partial charge in [0.25, 0.3) is 0 Å². The lowest BCUT2D eigenvalue weighted by molar-refractivity contribution is 0.305. The summed E-state index contributed by atoms with van der Waals surface area (Å²) in [6, 6.07) is 0. The molecule has 1 atom stereocenters. The zero-order valence-electron chi connectivity index (χ0n) is 14.2. The third-order valence-electron chi connectivity index (χ3n) is 5.40. The van der Waals surface area contributed by atoms with Crippen LogP contribution in [0.5, 0.6) is 0 Å². The highest BCUT2D eigenvalue weighted by Gasteiger charge is 2.33. The molecule has 23 heavy (non-hydrogen) atoms. The summed E-state index contributed by atoms with van der Waals surface area (Å²) >= 11 is 0. The van der Waals surface area contributed by atoms with Gasteiger partial charge in [-0.1, -0.05) is 13.3 Å². The minimum atomic E-state index is -3.14. The van der Waals surface area contributed by atoms with E-state index in [4.69, 9.17) is 0 Å². The fraction of sp³-hybridized carbons (Fsp3) is 0.875. The fourth-order valence-electron chi connectivity index (χ4n) is 3.64. The number of piperidine rings is 1. The topological polar surface area (TPSA) is 68.1 Å². The minimum Gasteiger partial charge on any atom is -0.315 e. The Labute approximate surface area is 139 Å². The second kappa shape index (κ2) is 6.89. The first-order chi connectivity index (χ1) is 11.0. The first kappa shape index (κ1) is 16.9. The highest BCUT2D eigenvalue weighted by Crippen LogP contribution is 2.30. The molecule has 130 valence electrons. The molecule has 1 fully saturated rings. The molecule has 0 aliphatic carbocycles. The summed E-state index contributed by atoms with van der Waals surface area (Å²) in [6.45, 7) is 5.97. The van der Waals surface area contributed by atoms with Gasteiger partial charge >= 0.3 is 0 Å². The molecular weight excluding hydrogens is 312 g/mol. The number of rotatable bonds is 4. The van der Waals surface area contributed by atoms with Gasteiger partial charge in [0.2, 0.25) is 10.0 Å². The minimum absolute atomic E-state index is 0.289. The van der Waals surface area contributed by atoms with Crippen molar-refractivity contribution in [2.75, 3.05) is 13.1 Å². The van der Waals surface area contributed by atoms with Crippen molar-refractivity contribution in [1.82, 2.24) is 19.1 Å². The molecule has 3 heterocycles. The van der Waals surface area contributed by atoms with Crippen LogP contribution in [-0.2, 0) is 23.0 Å². The molecule has 0 bridgehead atoms. The normalized spacial score (nSPS) is 22.5. The molecule has 6 nitrogen and oxygen atoms in total. The van der Waals surface area contributed by atoms with Gasteiger partial charge in [0, 0.05) is 32.0 Å². The molecule has 2 aliphatic heterocycles. The summed E-state index contributed by atoms with van der Waals surface area (Å²) in [7, 11) is -3.14. The van der Waals surface area contributed by atoms with Gasteiger partial charge in [-0.05, 0) is 39.0 Å². The number of fused-ring (bicyclic) bond motifs is 1. The largest absolute Gasteiger partial charge is 0.315 e. The Bertz CT molecular complexity index is 633. The van der Waals surface area contributed by atoms with Crippen molar-refractivity contribution in [3.8, 4) is 0 Å². The van der Waals surface area contributed by atoms with Crippen molar-refractivity contribution in [2.24, 2.45) is 0 Å². The standard InChI is InChI=1S/C16H28N4O2S/c1-3-13(2)23(21,22)19-11-8-14(9-12-19)16-18-17-15-7-5-4-6-10-20(15)16/h13-14H,3-12H2,1-2H3. The molecule has 0 saturated carbocycles. The summed E-state index contributed by atoms with van der Waals surface area (Å²) in [5.41, 5.74) is 0. The van der Waals surface area contributed by atoms with Crippen LogP contribution in [0.15, 0.2) is 0 Å². The first-order valence-corrected chi connectivity index (χ1v) is 10.4. The molecule has 0 N–H and O–H groups in total. The molecule has 0 amide bonds. The van der Waals surface area contributed by atoms with Gasteiger partial charge in [0.15, 0.2) is 0 Å². The number of aryl methyl sites for hydroxylation is 1. The monoisotopic (exact) mass is 340 g/mol. The molecule has 1 unspecified atom stereocenters. The van der Waals surface area contributed by atoms with Crippen LogP contribution < -0.4 is 0 Å². The van der Waals surface area contributed by atoms with Gasteiger partial charge in [-0.2, -0.15) is 0 Å². The number of hydrogen-bond acceptors (Lipinski definition) is 4. The van der Waals surface area contributed by atoms with Crippen LogP contribution in [-0.4, -0.2) is 45.8 Å². The van der Waals surface area contributed by atoms with E-state index >= 15 is 0 Å². The Balaban J connectivity index is 1.69. The van der Waals surface area contributed by atoms with Crippen molar-refractivity contribution >= 4 is 10.0 Å². The molecule has 1 aromatic heterocycles. The Kier molecular flexibility index (Phi) is 5.06. The lowest BCUT2D eigenvalue weighted by Crippen LogP contribution is -2.42. The van der Waals surface area contributed by atoms with Crippen LogP contribution in [0.2, 0.25) is 0 Å². The molecule has 3 rings (SSSR count). The van der Waals surface area contributed by atoms with Gasteiger partial charge in [-0.15, -0.1) is 10.2 Å². The number of aromatic nitrogens is 3. The molecule has 0 aromatic carbocycles. The van der Waals surface area contributed by atoms with Gasteiger partial charge in [0.05, 0.1) is 5.25 Å². The van der Waals surface area contributed by atoms with Crippen LogP contribution in [0, 0.1) is 0 Å². The van der Waals surface area contributed by atoms with E-state index in [1.165, 1.54) is 19.3 Å². The average molecular weight is 340 g/mol. The molecular formula is C16H28N4O2S. The molecule has 0 radical (unpaired) electrons. The summed E-state index contributed by atoms with van der Waals surface area (Å²) in [5, 5.41) is 8.54. The number of sulfonamides is 1. The van der Waals surface area contributed by atoms with E-state index in [0.717, 1.165) is 37.5 Å². The quantitative estimate of drug-likeness (QED) is 0.843. The fourth-order valence-corrected chi connectivity index (χ4v) is 5.29. The van der Waals surface area contributed by atoms with E-state index in [2.05, 4.69) is 14.8 Å². The van der Waals surface area contributed by atoms with Crippen molar-refractivity contribution in [1.29, 1.82) is 0 Å². The van der Waals surface area contributed by atoms with Gasteiger partial charge in [-0.25, -0.2) is 12.7 Å². The Hall–Kier alpha value is -0.950. The van der Waals surface area contributed by atoms with Gasteiger partial charge in [-0.3, -0.25) is 0 Å². The highest BCUT2D eigenvalue weighted by molar-refractivity contribution is 7.89. The van der Waals surface area contributed by atoms with Crippen molar-refractivity contribution < 1.29 is 8.42 Å². The summed E-state index contributed by atoms with van der Waals surface area (Å²) in [5.74, 6) is 2.55. The lowest BCUT2D eigenvalue weighted by Gasteiger charge is -2.32. The van der Waals surface area contributed by atoms with E-state index in [1.54, 1.807) is 11.2 Å². The maximum Gasteiger partial charge on any atom is 0.216 e. The summed E-state index contributed by atoms with van der Waals surface area (Å²) in [4.78, 5) is 0. The second-order valence-corrected chi connectivity index (χ2v) is 9.22. The molecule has 2 aliphatic rings. The first-order valence-electron chi connectivity index (χ1n) is 8.95. The molecule has 0 spiro atoms. The van der Waals surface area contributed by atoms with Crippen molar-refractivity contribution in [3.63, 3.8) is 0 Å². The SMILES string of the molecule is CCC(C)S(=O)(=O)N1CCC(c2nnc3n2CCCCC3)CC1. The zero-order chi connectivity index (χ0) is 16.4. The Morgan fingerprint density at radius 1 is 1.13 bits per heavy atom. The number of hydrogen-bond donors (Lipinski definition) is 0. The van der Waals surface area contributed by atoms with E-state index in [-0.39, 0.29) is 5.25 Å². The van der Waals surface area contributed by atoms with Crippen LogP contribution in [0.25, 0.3) is 0 Å². The zero-order valence-corrected chi connectivity index (χ0v) is 15.1. The van der Waals surface area contributed by atoms with E-state index < -0.39 is 10.0 Å². The second-order valence-electron chi connectivity index (χ2n) is 6.87. The third kappa shape index (κ3) is 3.31. The van der Waals surface area contributed by atoms with E-state index in [9.17, 15) is 8.42 Å². The highest BCUT2D eigenvalue weighted by atomic mass is 32.2. The lowest BCUT2D eigenvalue weighted by atomic mass is 9.97. The Morgan fingerprint density at radius 2 is 1.87 bits per heavy atom. The summed E-state index contributed by atoms with van der Waals surface area (Å²) < 4.78 is 28.9. The van der Waals surface area contributed by atoms with Gasteiger partial charge in [0.1, 0.15) is 11.6 Å². The van der Waals surface area contributed by atoms with Gasteiger partial charge < -0.3 is 4.57 Å². The molecule has 1 aromatic rings. The van der Waals surface area contributed by atoms with Crippen LogP contribution >= 0.6 is 0 Å². The van der Waals surface area contributed by atoms with Crippen LogP contribution in [0.4, 0.5) is 0 Å². The van der Waals surface area contributed by atoms with Crippen LogP contribution in [0.1, 0.15) is 69.9 Å². The maximum atomic E-state index is 12.5. The molecule has 7 heteroatoms. The predicted octanol–water partition coefficient (Wildman–Crippen LogP) is 2.31.